The molecule has 4 heteroatoms. The van der Waals surface area contributed by atoms with Crippen molar-refractivity contribution in [1.29, 1.82) is 0 Å². The van der Waals surface area contributed by atoms with Crippen LogP contribution in [0.2, 0.25) is 0 Å². The van der Waals surface area contributed by atoms with Crippen LogP contribution in [0.1, 0.15) is 12.0 Å². The van der Waals surface area contributed by atoms with Gasteiger partial charge >= 0.3 is 0 Å². The van der Waals surface area contributed by atoms with Gasteiger partial charge in [0.25, 0.3) is 0 Å². The van der Waals surface area contributed by atoms with Crippen LogP contribution in [0.4, 0.5) is 0 Å². The minimum atomic E-state index is 0.747. The van der Waals surface area contributed by atoms with Crippen LogP contribution in [-0.4, -0.2) is 32.1 Å². The molecular formula is C12H19BrN2O. The Kier molecular flexibility index (Phi) is 5.80. The van der Waals surface area contributed by atoms with Gasteiger partial charge in [0.05, 0.1) is 11.6 Å². The van der Waals surface area contributed by atoms with Gasteiger partial charge < -0.3 is 15.4 Å². The average Bonchev–Trinajstić information content (AvgIpc) is 2.26. The number of rotatable bonds is 6. The molecule has 0 heterocycles. The van der Waals surface area contributed by atoms with Gasteiger partial charge in [-0.25, -0.2) is 0 Å². The summed E-state index contributed by atoms with van der Waals surface area (Å²) in [7, 11) is 3.78. The highest BCUT2D eigenvalue weighted by Gasteiger charge is 2.03. The number of methoxy groups -OCH3 is 1. The highest BCUT2D eigenvalue weighted by atomic mass is 79.9. The zero-order chi connectivity index (χ0) is 12.0. The molecule has 0 bridgehead atoms. The third kappa shape index (κ3) is 4.12. The molecule has 0 aliphatic heterocycles. The quantitative estimate of drug-likeness (QED) is 0.872. The van der Waals surface area contributed by atoms with E-state index in [-0.39, 0.29) is 0 Å². The number of hydrogen-bond acceptors (Lipinski definition) is 3. The molecule has 0 aromatic heterocycles. The van der Waals surface area contributed by atoms with Crippen molar-refractivity contribution >= 4 is 15.9 Å². The molecule has 16 heavy (non-hydrogen) atoms. The minimum Gasteiger partial charge on any atom is -0.496 e. The van der Waals surface area contributed by atoms with Crippen molar-refractivity contribution < 1.29 is 4.74 Å². The molecule has 1 rings (SSSR count). The van der Waals surface area contributed by atoms with Crippen molar-refractivity contribution in [3.05, 3.63) is 28.2 Å². The minimum absolute atomic E-state index is 0.747. The van der Waals surface area contributed by atoms with Crippen LogP contribution in [0.5, 0.6) is 5.75 Å². The maximum Gasteiger partial charge on any atom is 0.133 e. The first-order valence-electron chi connectivity index (χ1n) is 5.38. The fourth-order valence-electron chi connectivity index (χ4n) is 1.56. The Morgan fingerprint density at radius 1 is 1.44 bits per heavy atom. The van der Waals surface area contributed by atoms with E-state index in [2.05, 4.69) is 40.0 Å². The third-order valence-electron chi connectivity index (χ3n) is 2.41. The maximum absolute atomic E-state index is 5.48. The third-order valence-corrected chi connectivity index (χ3v) is 3.03. The molecule has 0 aliphatic rings. The Bertz CT molecular complexity index is 331. The summed E-state index contributed by atoms with van der Waals surface area (Å²) in [5.74, 6) is 0.869. The second-order valence-electron chi connectivity index (χ2n) is 3.85. The van der Waals surface area contributed by atoms with Crippen molar-refractivity contribution in [2.45, 2.75) is 13.0 Å². The summed E-state index contributed by atoms with van der Waals surface area (Å²) < 4.78 is 6.19. The zero-order valence-corrected chi connectivity index (χ0v) is 11.5. The summed E-state index contributed by atoms with van der Waals surface area (Å²) in [5.41, 5.74) is 6.75. The van der Waals surface area contributed by atoms with Gasteiger partial charge in [-0.2, -0.15) is 0 Å². The van der Waals surface area contributed by atoms with E-state index in [0.29, 0.717) is 0 Å². The maximum atomic E-state index is 5.48. The SMILES string of the molecule is COc1ccc(CN(C)CCCN)cc1Br. The Labute approximate surface area is 106 Å². The van der Waals surface area contributed by atoms with Crippen molar-refractivity contribution in [2.75, 3.05) is 27.2 Å². The van der Waals surface area contributed by atoms with Gasteiger partial charge in [-0.3, -0.25) is 0 Å². The Morgan fingerprint density at radius 3 is 2.75 bits per heavy atom. The summed E-state index contributed by atoms with van der Waals surface area (Å²) in [6.07, 6.45) is 1.04. The predicted molar refractivity (Wildman–Crippen MR) is 70.7 cm³/mol. The van der Waals surface area contributed by atoms with Crippen molar-refractivity contribution in [3.63, 3.8) is 0 Å². The summed E-state index contributed by atoms with van der Waals surface area (Å²) >= 11 is 3.49. The van der Waals surface area contributed by atoms with Crippen LogP contribution in [-0.2, 0) is 6.54 Å². The van der Waals surface area contributed by atoms with E-state index in [4.69, 9.17) is 10.5 Å². The smallest absolute Gasteiger partial charge is 0.133 e. The highest BCUT2D eigenvalue weighted by molar-refractivity contribution is 9.10. The summed E-state index contributed by atoms with van der Waals surface area (Å²) in [5, 5.41) is 0. The molecule has 0 amide bonds. The van der Waals surface area contributed by atoms with Gasteiger partial charge in [-0.1, -0.05) is 6.07 Å². The first kappa shape index (κ1) is 13.5. The molecule has 0 fully saturated rings. The molecule has 0 saturated carbocycles. The molecule has 0 spiro atoms. The van der Waals surface area contributed by atoms with E-state index in [9.17, 15) is 0 Å². The van der Waals surface area contributed by atoms with Crippen LogP contribution in [0, 0.1) is 0 Å². The van der Waals surface area contributed by atoms with E-state index in [1.54, 1.807) is 7.11 Å². The molecule has 90 valence electrons. The van der Waals surface area contributed by atoms with E-state index in [0.717, 1.165) is 36.3 Å². The molecule has 1 aromatic rings. The lowest BCUT2D eigenvalue weighted by molar-refractivity contribution is 0.324. The molecule has 0 aliphatic carbocycles. The Morgan fingerprint density at radius 2 is 2.19 bits per heavy atom. The number of nitrogens with zero attached hydrogens (tertiary/aromatic N) is 1. The summed E-state index contributed by atoms with van der Waals surface area (Å²) in [6.45, 7) is 2.71. The normalized spacial score (nSPS) is 10.8. The van der Waals surface area contributed by atoms with E-state index in [1.807, 2.05) is 6.07 Å². The first-order valence-corrected chi connectivity index (χ1v) is 6.17. The second-order valence-corrected chi connectivity index (χ2v) is 4.70. The predicted octanol–water partition coefficient (Wildman–Crippen LogP) is 2.24. The van der Waals surface area contributed by atoms with Crippen LogP contribution in [0.3, 0.4) is 0 Å². The molecule has 0 saturated heterocycles. The molecule has 3 nitrogen and oxygen atoms in total. The van der Waals surface area contributed by atoms with Gasteiger partial charge in [0.1, 0.15) is 5.75 Å². The Hall–Kier alpha value is -0.580. The lowest BCUT2D eigenvalue weighted by Gasteiger charge is -2.16. The van der Waals surface area contributed by atoms with Crippen molar-refractivity contribution in [2.24, 2.45) is 5.73 Å². The van der Waals surface area contributed by atoms with E-state index >= 15 is 0 Å². The van der Waals surface area contributed by atoms with Crippen LogP contribution >= 0.6 is 15.9 Å². The number of hydrogen-bond donors (Lipinski definition) is 1. The fourth-order valence-corrected chi connectivity index (χ4v) is 2.15. The lowest BCUT2D eigenvalue weighted by atomic mass is 10.2. The molecule has 0 radical (unpaired) electrons. The highest BCUT2D eigenvalue weighted by Crippen LogP contribution is 2.25. The van der Waals surface area contributed by atoms with Crippen LogP contribution < -0.4 is 10.5 Å². The van der Waals surface area contributed by atoms with Gasteiger partial charge in [0, 0.05) is 6.54 Å². The molecule has 2 N–H and O–H groups in total. The average molecular weight is 287 g/mol. The topological polar surface area (TPSA) is 38.5 Å². The molecule has 1 aromatic carbocycles. The standard InChI is InChI=1S/C12H19BrN2O/c1-15(7-3-6-14)9-10-4-5-12(16-2)11(13)8-10/h4-5,8H,3,6-7,9,14H2,1-2H3. The van der Waals surface area contributed by atoms with Crippen LogP contribution in [0.25, 0.3) is 0 Å². The van der Waals surface area contributed by atoms with E-state index in [1.165, 1.54) is 5.56 Å². The van der Waals surface area contributed by atoms with Gasteiger partial charge in [-0.15, -0.1) is 0 Å². The van der Waals surface area contributed by atoms with Gasteiger partial charge in [-0.05, 0) is 60.2 Å². The number of ether oxygens (including phenoxy) is 1. The monoisotopic (exact) mass is 286 g/mol. The molecule has 0 atom stereocenters. The summed E-state index contributed by atoms with van der Waals surface area (Å²) in [6, 6.07) is 6.16. The number of nitrogens with two attached hydrogens (primary N) is 1. The van der Waals surface area contributed by atoms with Crippen LogP contribution in [0.15, 0.2) is 22.7 Å². The number of benzene rings is 1. The first-order chi connectivity index (χ1) is 7.67. The van der Waals surface area contributed by atoms with Gasteiger partial charge in [0.2, 0.25) is 0 Å². The van der Waals surface area contributed by atoms with E-state index < -0.39 is 0 Å². The largest absolute Gasteiger partial charge is 0.496 e. The second kappa shape index (κ2) is 6.89. The van der Waals surface area contributed by atoms with Crippen molar-refractivity contribution in [1.82, 2.24) is 4.90 Å². The molecule has 0 unspecified atom stereocenters. The fraction of sp³-hybridized carbons (Fsp3) is 0.500. The summed E-state index contributed by atoms with van der Waals surface area (Å²) in [4.78, 5) is 2.26. The number of halogens is 1. The molecular weight excluding hydrogens is 268 g/mol. The Balaban J connectivity index is 2.57. The van der Waals surface area contributed by atoms with Crippen molar-refractivity contribution in [3.8, 4) is 5.75 Å². The lowest BCUT2D eigenvalue weighted by Crippen LogP contribution is -2.21. The zero-order valence-electron chi connectivity index (χ0n) is 9.87. The van der Waals surface area contributed by atoms with Gasteiger partial charge in [0.15, 0.2) is 0 Å².